The second-order valence-electron chi connectivity index (χ2n) is 5.35. The lowest BCUT2D eigenvalue weighted by molar-refractivity contribution is -0.384. The Kier molecular flexibility index (Phi) is 3.98. The summed E-state index contributed by atoms with van der Waals surface area (Å²) in [6.07, 6.45) is 0.784. The van der Waals surface area contributed by atoms with E-state index in [1.54, 1.807) is 48.5 Å². The Morgan fingerprint density at radius 3 is 2.04 bits per heavy atom. The lowest BCUT2D eigenvalue weighted by Gasteiger charge is -2.36. The van der Waals surface area contributed by atoms with Gasteiger partial charge in [-0.25, -0.2) is 5.26 Å². The van der Waals surface area contributed by atoms with Crippen molar-refractivity contribution in [1.29, 1.82) is 0 Å². The van der Waals surface area contributed by atoms with E-state index in [0.29, 0.717) is 28.7 Å². The van der Waals surface area contributed by atoms with E-state index >= 15 is 0 Å². The van der Waals surface area contributed by atoms with Gasteiger partial charge in [0, 0.05) is 28.7 Å². The fourth-order valence-corrected chi connectivity index (χ4v) is 2.87. The highest BCUT2D eigenvalue weighted by molar-refractivity contribution is 6.13. The second-order valence-corrected chi connectivity index (χ2v) is 5.35. The third kappa shape index (κ3) is 2.34. The average molecular weight is 312 g/mol. The van der Waals surface area contributed by atoms with E-state index < -0.39 is 11.8 Å². The smallest absolute Gasteiger partial charge is 0.308 e. The van der Waals surface area contributed by atoms with Crippen LogP contribution in [-0.4, -0.2) is 17.0 Å². The van der Waals surface area contributed by atoms with Crippen molar-refractivity contribution in [2.75, 3.05) is 0 Å². The Labute approximate surface area is 133 Å². The van der Waals surface area contributed by atoms with Crippen LogP contribution in [-0.2, 0) is 20.2 Å². The number of fused-ring (bicyclic) bond motifs is 2. The topological polar surface area (TPSA) is 72.8 Å². The van der Waals surface area contributed by atoms with E-state index in [-0.39, 0.29) is 12.2 Å². The van der Waals surface area contributed by atoms with Crippen LogP contribution in [0.25, 0.3) is 0 Å². The summed E-state index contributed by atoms with van der Waals surface area (Å²) in [5.41, 5.74) is 1.31. The summed E-state index contributed by atoms with van der Waals surface area (Å²) in [6, 6.07) is 13.3. The first-order valence-corrected chi connectivity index (χ1v) is 7.42. The number of hydrogen-bond acceptors (Lipinski definition) is 5. The van der Waals surface area contributed by atoms with Crippen molar-refractivity contribution >= 4 is 11.8 Å². The molecule has 0 atom stereocenters. The minimum absolute atomic E-state index is 0.184. The zero-order valence-corrected chi connectivity index (χ0v) is 12.6. The van der Waals surface area contributed by atoms with Crippen LogP contribution in [0.3, 0.4) is 0 Å². The first-order valence-electron chi connectivity index (χ1n) is 7.42. The van der Waals surface area contributed by atoms with E-state index in [1.165, 1.54) is 0 Å². The van der Waals surface area contributed by atoms with Crippen LogP contribution >= 0.6 is 0 Å². The van der Waals surface area contributed by atoms with E-state index in [0.717, 1.165) is 0 Å². The van der Waals surface area contributed by atoms with Crippen molar-refractivity contribution in [2.45, 2.75) is 25.6 Å². The van der Waals surface area contributed by atoms with Crippen molar-refractivity contribution in [2.24, 2.45) is 0 Å². The third-order valence-corrected chi connectivity index (χ3v) is 3.89. The van der Waals surface area contributed by atoms with Gasteiger partial charge < -0.3 is 4.74 Å². The lowest BCUT2D eigenvalue weighted by atomic mass is 9.80. The summed E-state index contributed by atoms with van der Waals surface area (Å²) in [6.45, 7) is 1.85. The third-order valence-electron chi connectivity index (χ3n) is 3.89. The molecule has 0 saturated heterocycles. The van der Waals surface area contributed by atoms with Crippen LogP contribution in [0.2, 0.25) is 0 Å². The Morgan fingerprint density at radius 2 is 1.57 bits per heavy atom. The number of carbonyl (C=O) groups is 2. The van der Waals surface area contributed by atoms with Crippen LogP contribution in [0.4, 0.5) is 0 Å². The molecule has 0 aliphatic heterocycles. The zero-order chi connectivity index (χ0) is 16.4. The van der Waals surface area contributed by atoms with Crippen LogP contribution in [0.1, 0.15) is 46.8 Å². The molecule has 0 amide bonds. The molecule has 0 radical (unpaired) electrons. The van der Waals surface area contributed by atoms with Gasteiger partial charge in [-0.15, -0.1) is 0 Å². The van der Waals surface area contributed by atoms with Gasteiger partial charge in [-0.05, 0) is 6.42 Å². The first-order chi connectivity index (χ1) is 11.1. The lowest BCUT2D eigenvalue weighted by Crippen LogP contribution is -2.41. The van der Waals surface area contributed by atoms with Crippen molar-refractivity contribution < 1.29 is 24.5 Å². The summed E-state index contributed by atoms with van der Waals surface area (Å²) >= 11 is 0. The highest BCUT2D eigenvalue weighted by atomic mass is 17.1. The van der Waals surface area contributed by atoms with Gasteiger partial charge in [0.25, 0.3) is 5.79 Å². The number of ketones is 1. The predicted octanol–water partition coefficient (Wildman–Crippen LogP) is 3.27. The molecule has 0 saturated carbocycles. The van der Waals surface area contributed by atoms with Crippen LogP contribution in [0, 0.1) is 0 Å². The van der Waals surface area contributed by atoms with Gasteiger partial charge in [0.2, 0.25) is 0 Å². The molecule has 0 spiro atoms. The van der Waals surface area contributed by atoms with Crippen molar-refractivity contribution in [3.8, 4) is 0 Å². The van der Waals surface area contributed by atoms with Crippen LogP contribution < -0.4 is 0 Å². The molecule has 2 aromatic carbocycles. The van der Waals surface area contributed by atoms with Gasteiger partial charge in [-0.3, -0.25) is 9.59 Å². The molecule has 5 nitrogen and oxygen atoms in total. The Hall–Kier alpha value is -2.50. The SMILES string of the molecule is CCCC(=O)OC1(OO)c2ccccc2C(=O)c2ccccc21. The molecule has 3 rings (SSSR count). The van der Waals surface area contributed by atoms with Gasteiger partial charge in [-0.2, -0.15) is 4.89 Å². The minimum atomic E-state index is -1.83. The molecule has 0 heterocycles. The summed E-state index contributed by atoms with van der Waals surface area (Å²) < 4.78 is 5.51. The van der Waals surface area contributed by atoms with Crippen molar-refractivity contribution in [3.63, 3.8) is 0 Å². The van der Waals surface area contributed by atoms with E-state index in [4.69, 9.17) is 9.62 Å². The standard InChI is InChI=1S/C18H16O5/c1-2-7-16(19)22-18(23-21)14-10-5-3-8-12(14)17(20)13-9-4-6-11-15(13)18/h3-6,8-11,21H,2,7H2,1H3. The number of esters is 1. The summed E-state index contributed by atoms with van der Waals surface area (Å²) in [5, 5.41) is 9.65. The maximum absolute atomic E-state index is 12.6. The van der Waals surface area contributed by atoms with Gasteiger partial charge in [0.1, 0.15) is 0 Å². The molecule has 2 aromatic rings. The average Bonchev–Trinajstić information content (AvgIpc) is 2.59. The number of benzene rings is 2. The van der Waals surface area contributed by atoms with Gasteiger partial charge in [-0.1, -0.05) is 55.5 Å². The number of hydrogen-bond donors (Lipinski definition) is 1. The molecule has 118 valence electrons. The predicted molar refractivity (Wildman–Crippen MR) is 81.8 cm³/mol. The molecule has 23 heavy (non-hydrogen) atoms. The number of ether oxygens (including phenoxy) is 1. The summed E-state index contributed by atoms with van der Waals surface area (Å²) in [5.74, 6) is -2.54. The summed E-state index contributed by atoms with van der Waals surface area (Å²) in [7, 11) is 0. The number of rotatable bonds is 4. The minimum Gasteiger partial charge on any atom is -0.421 e. The molecule has 1 aliphatic rings. The molecule has 1 N–H and O–H groups in total. The second kappa shape index (κ2) is 5.95. The molecule has 0 aromatic heterocycles. The highest BCUT2D eigenvalue weighted by Crippen LogP contribution is 2.43. The molecule has 0 fully saturated rings. The maximum atomic E-state index is 12.6. The maximum Gasteiger partial charge on any atom is 0.308 e. The largest absolute Gasteiger partial charge is 0.421 e. The van der Waals surface area contributed by atoms with E-state index in [1.807, 2.05) is 6.92 Å². The van der Waals surface area contributed by atoms with E-state index in [2.05, 4.69) is 0 Å². The van der Waals surface area contributed by atoms with E-state index in [9.17, 15) is 14.8 Å². The summed E-state index contributed by atoms with van der Waals surface area (Å²) in [4.78, 5) is 29.4. The van der Waals surface area contributed by atoms with Crippen molar-refractivity contribution in [1.82, 2.24) is 0 Å². The fraction of sp³-hybridized carbons (Fsp3) is 0.222. The molecule has 0 unspecified atom stereocenters. The quantitative estimate of drug-likeness (QED) is 0.406. The van der Waals surface area contributed by atoms with Crippen molar-refractivity contribution in [3.05, 3.63) is 70.8 Å². The monoisotopic (exact) mass is 312 g/mol. The highest BCUT2D eigenvalue weighted by Gasteiger charge is 2.48. The Balaban J connectivity index is 2.24. The fourth-order valence-electron chi connectivity index (χ4n) is 2.87. The molecule has 1 aliphatic carbocycles. The Morgan fingerprint density at radius 1 is 1.04 bits per heavy atom. The molecule has 0 bridgehead atoms. The molecule has 5 heteroatoms. The number of carbonyl (C=O) groups excluding carboxylic acids is 2. The molecular weight excluding hydrogens is 296 g/mol. The molecular formula is C18H16O5. The normalized spacial score (nSPS) is 14.8. The van der Waals surface area contributed by atoms with Crippen LogP contribution in [0.15, 0.2) is 48.5 Å². The van der Waals surface area contributed by atoms with Gasteiger partial charge in [0.05, 0.1) is 0 Å². The van der Waals surface area contributed by atoms with Gasteiger partial charge >= 0.3 is 5.97 Å². The van der Waals surface area contributed by atoms with Crippen LogP contribution in [0.5, 0.6) is 0 Å². The van der Waals surface area contributed by atoms with Gasteiger partial charge in [0.15, 0.2) is 5.78 Å². The first kappa shape index (κ1) is 15.4. The zero-order valence-electron chi connectivity index (χ0n) is 12.6. The Bertz CT molecular complexity index is 716.